The van der Waals surface area contributed by atoms with Crippen molar-refractivity contribution in [2.75, 3.05) is 39.7 Å². The Bertz CT molecular complexity index is 1180. The molecule has 0 aliphatic carbocycles. The SMILES string of the molecule is COc1c(F)cccc1Nc1c(C2(C)CC=NC=C2OCC(C)(C)N(C)C)[nH]c2c1C(=O)NCC2. The molecular formula is C26H34FN5O3. The molecule has 1 atom stereocenters. The number of methoxy groups -OCH3 is 1. The lowest BCUT2D eigenvalue weighted by molar-refractivity contribution is 0.0574. The number of carbonyl (C=O) groups is 1. The molecule has 2 aliphatic heterocycles. The van der Waals surface area contributed by atoms with E-state index >= 15 is 0 Å². The van der Waals surface area contributed by atoms with E-state index in [-0.39, 0.29) is 17.2 Å². The number of amides is 1. The monoisotopic (exact) mass is 483 g/mol. The minimum Gasteiger partial charge on any atom is -0.493 e. The molecular weight excluding hydrogens is 449 g/mol. The van der Waals surface area contributed by atoms with Gasteiger partial charge in [0.15, 0.2) is 11.6 Å². The Morgan fingerprint density at radius 1 is 1.31 bits per heavy atom. The van der Waals surface area contributed by atoms with Crippen LogP contribution in [0.15, 0.2) is 35.2 Å². The van der Waals surface area contributed by atoms with Crippen LogP contribution in [0.2, 0.25) is 0 Å². The quantitative estimate of drug-likeness (QED) is 0.525. The van der Waals surface area contributed by atoms with Gasteiger partial charge in [-0.25, -0.2) is 4.39 Å². The molecule has 0 bridgehead atoms. The van der Waals surface area contributed by atoms with Gasteiger partial charge in [0.2, 0.25) is 0 Å². The van der Waals surface area contributed by atoms with E-state index in [9.17, 15) is 9.18 Å². The van der Waals surface area contributed by atoms with Crippen molar-refractivity contribution in [3.8, 4) is 5.75 Å². The van der Waals surface area contributed by atoms with Gasteiger partial charge in [-0.1, -0.05) is 6.07 Å². The van der Waals surface area contributed by atoms with Gasteiger partial charge in [0.25, 0.3) is 5.91 Å². The van der Waals surface area contributed by atoms with Crippen LogP contribution in [0.1, 0.15) is 48.9 Å². The summed E-state index contributed by atoms with van der Waals surface area (Å²) in [4.78, 5) is 23.0. The first-order valence-electron chi connectivity index (χ1n) is 11.7. The lowest BCUT2D eigenvalue weighted by Crippen LogP contribution is -2.43. The molecule has 1 amide bonds. The smallest absolute Gasteiger partial charge is 0.255 e. The Balaban J connectivity index is 1.80. The number of rotatable bonds is 8. The highest BCUT2D eigenvalue weighted by molar-refractivity contribution is 6.04. The average molecular weight is 484 g/mol. The van der Waals surface area contributed by atoms with Crippen molar-refractivity contribution in [3.63, 3.8) is 0 Å². The van der Waals surface area contributed by atoms with Gasteiger partial charge < -0.3 is 30.0 Å². The Labute approximate surface area is 205 Å². The van der Waals surface area contributed by atoms with Crippen LogP contribution in [-0.2, 0) is 16.6 Å². The predicted molar refractivity (Wildman–Crippen MR) is 135 cm³/mol. The Morgan fingerprint density at radius 3 is 2.80 bits per heavy atom. The van der Waals surface area contributed by atoms with Gasteiger partial charge in [-0.3, -0.25) is 9.79 Å². The van der Waals surface area contributed by atoms with Crippen LogP contribution in [0, 0.1) is 5.82 Å². The number of aromatic nitrogens is 1. The van der Waals surface area contributed by atoms with E-state index in [0.717, 1.165) is 11.4 Å². The number of hydrogen-bond acceptors (Lipinski definition) is 6. The van der Waals surface area contributed by atoms with E-state index in [1.54, 1.807) is 18.3 Å². The molecule has 0 saturated heterocycles. The molecule has 2 aromatic rings. The summed E-state index contributed by atoms with van der Waals surface area (Å²) in [5.74, 6) is 0.113. The highest BCUT2D eigenvalue weighted by Crippen LogP contribution is 2.45. The van der Waals surface area contributed by atoms with Crippen LogP contribution in [0.25, 0.3) is 0 Å². The van der Waals surface area contributed by atoms with Gasteiger partial charge in [0.1, 0.15) is 12.4 Å². The summed E-state index contributed by atoms with van der Waals surface area (Å²) in [5.41, 5.74) is 2.32. The largest absolute Gasteiger partial charge is 0.493 e. The fourth-order valence-electron chi connectivity index (χ4n) is 4.27. The van der Waals surface area contributed by atoms with E-state index in [0.29, 0.717) is 48.7 Å². The molecule has 1 aromatic heterocycles. The summed E-state index contributed by atoms with van der Waals surface area (Å²) < 4.78 is 26.2. The van der Waals surface area contributed by atoms with Crippen LogP contribution in [0.3, 0.4) is 0 Å². The fraction of sp³-hybridized carbons (Fsp3) is 0.462. The van der Waals surface area contributed by atoms with Crippen molar-refractivity contribution < 1.29 is 18.7 Å². The van der Waals surface area contributed by atoms with Gasteiger partial charge in [-0.2, -0.15) is 0 Å². The molecule has 9 heteroatoms. The number of hydrogen-bond donors (Lipinski definition) is 3. The number of aliphatic imine (C=N–C) groups is 1. The zero-order chi connectivity index (χ0) is 25.4. The summed E-state index contributed by atoms with van der Waals surface area (Å²) in [5, 5.41) is 6.23. The number of ether oxygens (including phenoxy) is 2. The second-order valence-electron chi connectivity index (χ2n) is 10.0. The maximum atomic E-state index is 14.5. The highest BCUT2D eigenvalue weighted by atomic mass is 19.1. The number of H-pyrrole nitrogens is 1. The molecule has 0 spiro atoms. The number of nitrogens with zero attached hydrogens (tertiary/aromatic N) is 2. The topological polar surface area (TPSA) is 91.0 Å². The zero-order valence-electron chi connectivity index (χ0n) is 21.2. The third-order valence-corrected chi connectivity index (χ3v) is 7.08. The van der Waals surface area contributed by atoms with E-state index in [1.165, 1.54) is 13.2 Å². The Morgan fingerprint density at radius 2 is 2.09 bits per heavy atom. The van der Waals surface area contributed by atoms with E-state index in [1.807, 2.05) is 20.3 Å². The molecule has 35 heavy (non-hydrogen) atoms. The van der Waals surface area contributed by atoms with E-state index < -0.39 is 11.2 Å². The molecule has 188 valence electrons. The summed E-state index contributed by atoms with van der Waals surface area (Å²) >= 11 is 0. The molecule has 0 fully saturated rings. The van der Waals surface area contributed by atoms with Crippen molar-refractivity contribution in [1.82, 2.24) is 15.2 Å². The summed E-state index contributed by atoms with van der Waals surface area (Å²) in [6.07, 6.45) is 4.81. The van der Waals surface area contributed by atoms with Crippen LogP contribution < -0.4 is 15.4 Å². The maximum absolute atomic E-state index is 14.5. The molecule has 8 nitrogen and oxygen atoms in total. The fourth-order valence-corrected chi connectivity index (χ4v) is 4.27. The van der Waals surface area contributed by atoms with Gasteiger partial charge in [0.05, 0.1) is 41.4 Å². The number of anilines is 2. The number of fused-ring (bicyclic) bond motifs is 1. The van der Waals surface area contributed by atoms with Gasteiger partial charge in [0, 0.05) is 36.8 Å². The van der Waals surface area contributed by atoms with Crippen molar-refractivity contribution in [2.24, 2.45) is 4.99 Å². The molecule has 0 saturated carbocycles. The molecule has 1 unspecified atom stereocenters. The number of allylic oxidation sites excluding steroid dienone is 1. The first-order valence-corrected chi connectivity index (χ1v) is 11.7. The summed E-state index contributed by atoms with van der Waals surface area (Å²) in [7, 11) is 5.45. The van der Waals surface area contributed by atoms with Crippen LogP contribution in [-0.4, -0.2) is 61.9 Å². The number of likely N-dealkylation sites (N-methyl/N-ethyl adjacent to an activating group) is 1. The third-order valence-electron chi connectivity index (χ3n) is 7.08. The van der Waals surface area contributed by atoms with Crippen LogP contribution >= 0.6 is 0 Å². The summed E-state index contributed by atoms with van der Waals surface area (Å²) in [6.45, 7) is 7.28. The van der Waals surface area contributed by atoms with Crippen LogP contribution in [0.5, 0.6) is 5.75 Å². The first-order chi connectivity index (χ1) is 16.6. The third kappa shape index (κ3) is 4.52. The summed E-state index contributed by atoms with van der Waals surface area (Å²) in [6, 6.07) is 4.67. The highest BCUT2D eigenvalue weighted by Gasteiger charge is 2.41. The van der Waals surface area contributed by atoms with Crippen molar-refractivity contribution in [3.05, 3.63) is 52.9 Å². The maximum Gasteiger partial charge on any atom is 0.255 e. The molecule has 3 heterocycles. The zero-order valence-corrected chi connectivity index (χ0v) is 21.2. The normalized spacial score (nSPS) is 19.8. The van der Waals surface area contributed by atoms with Gasteiger partial charge in [-0.15, -0.1) is 0 Å². The predicted octanol–water partition coefficient (Wildman–Crippen LogP) is 4.12. The number of para-hydroxylation sites is 1. The van der Waals surface area contributed by atoms with E-state index in [2.05, 4.69) is 46.3 Å². The van der Waals surface area contributed by atoms with Crippen molar-refractivity contribution in [1.29, 1.82) is 0 Å². The van der Waals surface area contributed by atoms with Crippen molar-refractivity contribution >= 4 is 23.5 Å². The molecule has 1 aromatic carbocycles. The minimum absolute atomic E-state index is 0.0831. The number of nitrogens with one attached hydrogen (secondary N) is 3. The lowest BCUT2D eigenvalue weighted by Gasteiger charge is -2.37. The Kier molecular flexibility index (Phi) is 6.64. The van der Waals surface area contributed by atoms with Gasteiger partial charge >= 0.3 is 0 Å². The second-order valence-corrected chi connectivity index (χ2v) is 10.0. The first kappa shape index (κ1) is 24.8. The standard InChI is InChI=1S/C26H34FN5O3/c1-25(2,32(4)5)15-35-19-14-28-13-11-26(19,3)23-21(20-17(31-23)10-12-29-24(20)33)30-18-9-7-8-16(27)22(18)34-6/h7-9,13-14,30-31H,10-12,15H2,1-6H3,(H,29,33). The molecule has 3 N–H and O–H groups in total. The number of benzene rings is 1. The number of halogens is 1. The van der Waals surface area contributed by atoms with Gasteiger partial charge in [-0.05, 0) is 47.0 Å². The molecule has 4 rings (SSSR count). The number of aromatic amines is 1. The van der Waals surface area contributed by atoms with Crippen molar-refractivity contribution in [2.45, 2.75) is 44.6 Å². The molecule has 2 aliphatic rings. The Hall–Kier alpha value is -3.33. The van der Waals surface area contributed by atoms with E-state index in [4.69, 9.17) is 9.47 Å². The molecule has 0 radical (unpaired) electrons. The minimum atomic E-state index is -0.634. The average Bonchev–Trinajstić information content (AvgIpc) is 3.19. The number of carbonyl (C=O) groups excluding carboxylic acids is 1. The second kappa shape index (κ2) is 9.37. The van der Waals surface area contributed by atoms with Crippen LogP contribution in [0.4, 0.5) is 15.8 Å². The lowest BCUT2D eigenvalue weighted by atomic mass is 9.79.